The van der Waals surface area contributed by atoms with E-state index in [4.69, 9.17) is 11.6 Å². The Balaban J connectivity index is 2.02. The van der Waals surface area contributed by atoms with Crippen molar-refractivity contribution in [3.05, 3.63) is 70.7 Å². The summed E-state index contributed by atoms with van der Waals surface area (Å²) in [6.45, 7) is 10.9. The second-order valence-corrected chi connectivity index (χ2v) is 8.65. The monoisotopic (exact) mass is 396 g/mol. The summed E-state index contributed by atoms with van der Waals surface area (Å²) >= 11 is 6.06. The molecule has 2 aromatic rings. The molecule has 3 heteroatoms. The van der Waals surface area contributed by atoms with Gasteiger partial charge in [0.15, 0.2) is 0 Å². The van der Waals surface area contributed by atoms with Gasteiger partial charge in [0.25, 0.3) is 0 Å². The Labute approximate surface area is 176 Å². The summed E-state index contributed by atoms with van der Waals surface area (Å²) < 4.78 is 0. The van der Waals surface area contributed by atoms with Gasteiger partial charge in [0, 0.05) is 17.6 Å². The SMILES string of the molecule is CC(C)N(CCCC(C#N)(c1ccc(Cl)cc1)C(C)C)CCc1ccccc1. The van der Waals surface area contributed by atoms with E-state index in [2.05, 4.69) is 69.0 Å². The van der Waals surface area contributed by atoms with Gasteiger partial charge in [0.2, 0.25) is 0 Å². The van der Waals surface area contributed by atoms with Gasteiger partial charge in [0.1, 0.15) is 0 Å². The Morgan fingerprint density at radius 3 is 2.14 bits per heavy atom. The highest BCUT2D eigenvalue weighted by molar-refractivity contribution is 6.30. The van der Waals surface area contributed by atoms with E-state index in [9.17, 15) is 5.26 Å². The minimum Gasteiger partial charge on any atom is -0.301 e. The summed E-state index contributed by atoms with van der Waals surface area (Å²) in [6.07, 6.45) is 2.92. The van der Waals surface area contributed by atoms with Gasteiger partial charge < -0.3 is 4.90 Å². The summed E-state index contributed by atoms with van der Waals surface area (Å²) in [4.78, 5) is 2.53. The Morgan fingerprint density at radius 1 is 0.964 bits per heavy atom. The van der Waals surface area contributed by atoms with Crippen molar-refractivity contribution in [1.29, 1.82) is 5.26 Å². The second-order valence-electron chi connectivity index (χ2n) is 8.21. The molecule has 150 valence electrons. The van der Waals surface area contributed by atoms with Gasteiger partial charge in [0.05, 0.1) is 11.5 Å². The lowest BCUT2D eigenvalue weighted by molar-refractivity contribution is 0.210. The van der Waals surface area contributed by atoms with Gasteiger partial charge >= 0.3 is 0 Å². The highest BCUT2D eigenvalue weighted by atomic mass is 35.5. The molecular formula is C25H33ClN2. The second kappa shape index (κ2) is 10.6. The Kier molecular flexibility index (Phi) is 8.55. The zero-order chi connectivity index (χ0) is 20.6. The minimum absolute atomic E-state index is 0.246. The zero-order valence-corrected chi connectivity index (χ0v) is 18.4. The molecule has 0 aliphatic heterocycles. The van der Waals surface area contributed by atoms with Crippen LogP contribution >= 0.6 is 11.6 Å². The lowest BCUT2D eigenvalue weighted by Crippen LogP contribution is -2.36. The van der Waals surface area contributed by atoms with Gasteiger partial charge in [-0.1, -0.05) is 67.9 Å². The van der Waals surface area contributed by atoms with Crippen molar-refractivity contribution in [2.75, 3.05) is 13.1 Å². The predicted molar refractivity (Wildman–Crippen MR) is 120 cm³/mol. The highest BCUT2D eigenvalue weighted by Crippen LogP contribution is 2.37. The molecule has 0 N–H and O–H groups in total. The van der Waals surface area contributed by atoms with Crippen molar-refractivity contribution < 1.29 is 0 Å². The number of hydrogen-bond acceptors (Lipinski definition) is 2. The molecule has 0 bridgehead atoms. The van der Waals surface area contributed by atoms with E-state index in [1.165, 1.54) is 5.56 Å². The Morgan fingerprint density at radius 2 is 1.61 bits per heavy atom. The number of rotatable bonds is 10. The lowest BCUT2D eigenvalue weighted by atomic mass is 9.70. The first-order valence-electron chi connectivity index (χ1n) is 10.3. The number of nitrogens with zero attached hydrogens (tertiary/aromatic N) is 2. The number of benzene rings is 2. The third-order valence-corrected chi connectivity index (χ3v) is 6.07. The molecule has 0 radical (unpaired) electrons. The van der Waals surface area contributed by atoms with Crippen LogP contribution in [0.25, 0.3) is 0 Å². The highest BCUT2D eigenvalue weighted by Gasteiger charge is 2.35. The molecule has 0 heterocycles. The van der Waals surface area contributed by atoms with Crippen LogP contribution in [0.1, 0.15) is 51.7 Å². The summed E-state index contributed by atoms with van der Waals surface area (Å²) in [5.41, 5.74) is 1.99. The standard InChI is InChI=1S/C25H33ClN2/c1-20(2)25(19-27,23-11-13-24(26)14-12-23)16-8-17-28(21(3)4)18-15-22-9-6-5-7-10-22/h5-7,9-14,20-21H,8,15-18H2,1-4H3. The van der Waals surface area contributed by atoms with Crippen molar-refractivity contribution >= 4 is 11.6 Å². The van der Waals surface area contributed by atoms with Gasteiger partial charge in [-0.25, -0.2) is 0 Å². The topological polar surface area (TPSA) is 27.0 Å². The largest absolute Gasteiger partial charge is 0.301 e. The van der Waals surface area contributed by atoms with Crippen LogP contribution in [0, 0.1) is 17.2 Å². The zero-order valence-electron chi connectivity index (χ0n) is 17.7. The lowest BCUT2D eigenvalue weighted by Gasteiger charge is -2.33. The maximum atomic E-state index is 10.1. The third-order valence-electron chi connectivity index (χ3n) is 5.82. The maximum absolute atomic E-state index is 10.1. The van der Waals surface area contributed by atoms with Gasteiger partial charge in [-0.15, -0.1) is 0 Å². The fourth-order valence-electron chi connectivity index (χ4n) is 3.87. The van der Waals surface area contributed by atoms with E-state index < -0.39 is 5.41 Å². The predicted octanol–water partition coefficient (Wildman–Crippen LogP) is 6.49. The van der Waals surface area contributed by atoms with Crippen LogP contribution in [0.4, 0.5) is 0 Å². The fourth-order valence-corrected chi connectivity index (χ4v) is 4.00. The molecule has 0 amide bonds. The molecular weight excluding hydrogens is 364 g/mol. The summed E-state index contributed by atoms with van der Waals surface area (Å²) in [5.74, 6) is 0.246. The van der Waals surface area contributed by atoms with Crippen LogP contribution in [0.5, 0.6) is 0 Å². The maximum Gasteiger partial charge on any atom is 0.0845 e. The summed E-state index contributed by atoms with van der Waals surface area (Å²) in [5, 5.41) is 10.8. The number of hydrogen-bond donors (Lipinski definition) is 0. The van der Waals surface area contributed by atoms with Gasteiger partial charge in [-0.3, -0.25) is 0 Å². The fraction of sp³-hybridized carbons (Fsp3) is 0.480. The Hall–Kier alpha value is -1.82. The summed E-state index contributed by atoms with van der Waals surface area (Å²) in [7, 11) is 0. The van der Waals surface area contributed by atoms with E-state index in [1.54, 1.807) is 0 Å². The molecule has 1 atom stereocenters. The number of halogens is 1. The van der Waals surface area contributed by atoms with Crippen molar-refractivity contribution in [2.45, 2.75) is 58.4 Å². The van der Waals surface area contributed by atoms with Gasteiger partial charge in [-0.2, -0.15) is 5.26 Å². The average molecular weight is 397 g/mol. The molecule has 2 nitrogen and oxygen atoms in total. The molecule has 0 aliphatic rings. The van der Waals surface area contributed by atoms with E-state index >= 15 is 0 Å². The van der Waals surface area contributed by atoms with Gasteiger partial charge in [-0.05, 0) is 68.8 Å². The minimum atomic E-state index is -0.466. The van der Waals surface area contributed by atoms with Crippen molar-refractivity contribution in [3.63, 3.8) is 0 Å². The van der Waals surface area contributed by atoms with E-state index in [-0.39, 0.29) is 5.92 Å². The quantitative estimate of drug-likeness (QED) is 0.458. The smallest absolute Gasteiger partial charge is 0.0845 e. The third kappa shape index (κ3) is 5.84. The molecule has 2 aromatic carbocycles. The molecule has 0 saturated heterocycles. The first kappa shape index (κ1) is 22.5. The molecule has 0 aromatic heterocycles. The van der Waals surface area contributed by atoms with Crippen LogP contribution < -0.4 is 0 Å². The van der Waals surface area contributed by atoms with Crippen LogP contribution in [-0.4, -0.2) is 24.0 Å². The molecule has 0 aliphatic carbocycles. The average Bonchev–Trinajstić information content (AvgIpc) is 2.69. The normalized spacial score (nSPS) is 13.7. The van der Waals surface area contributed by atoms with Crippen LogP contribution in [-0.2, 0) is 11.8 Å². The van der Waals surface area contributed by atoms with Crippen molar-refractivity contribution in [2.24, 2.45) is 5.92 Å². The molecule has 0 spiro atoms. The van der Waals surface area contributed by atoms with Crippen molar-refractivity contribution in [1.82, 2.24) is 4.90 Å². The van der Waals surface area contributed by atoms with Crippen LogP contribution in [0.3, 0.4) is 0 Å². The Bertz CT molecular complexity index is 746. The van der Waals surface area contributed by atoms with E-state index in [0.717, 1.165) is 37.9 Å². The van der Waals surface area contributed by atoms with Crippen molar-refractivity contribution in [3.8, 4) is 6.07 Å². The first-order valence-corrected chi connectivity index (χ1v) is 10.7. The molecule has 28 heavy (non-hydrogen) atoms. The molecule has 1 unspecified atom stereocenters. The van der Waals surface area contributed by atoms with Crippen LogP contribution in [0.2, 0.25) is 5.02 Å². The number of nitriles is 1. The van der Waals surface area contributed by atoms with E-state index in [1.807, 2.05) is 24.3 Å². The molecule has 0 saturated carbocycles. The molecule has 2 rings (SSSR count). The van der Waals surface area contributed by atoms with E-state index in [0.29, 0.717) is 11.1 Å². The summed E-state index contributed by atoms with van der Waals surface area (Å²) in [6, 6.07) is 21.6. The van der Waals surface area contributed by atoms with Crippen LogP contribution in [0.15, 0.2) is 54.6 Å². The first-order chi connectivity index (χ1) is 13.4. The molecule has 0 fully saturated rings.